The number of alkyl carbamates (subject to hydrolysis) is 1. The third-order valence-electron chi connectivity index (χ3n) is 6.35. The molecular formula is C27H24F3NO6. The molecule has 10 heteroatoms. The van der Waals surface area contributed by atoms with Gasteiger partial charge < -0.3 is 25.4 Å². The Kier molecular flexibility index (Phi) is 7.51. The van der Waals surface area contributed by atoms with E-state index in [0.29, 0.717) is 12.1 Å². The Bertz CT molecular complexity index is 1260. The Balaban J connectivity index is 1.32. The van der Waals surface area contributed by atoms with Gasteiger partial charge in [0, 0.05) is 12.5 Å². The molecule has 1 aliphatic rings. The molecule has 0 spiro atoms. The topological polar surface area (TPSA) is 116 Å². The standard InChI is InChI=1S/C27H24F3NO6/c28-27(29,30)15-9-10-20(21(13-15)25(34)35)24(33)23(32)11-12-31-26(36)37-14-22-18-7-3-1-5-16(18)17-6-2-4-8-19(17)22/h1-10,13,22-24,32-33H,11-12,14H2,(H,31,36)(H,34,35). The molecule has 37 heavy (non-hydrogen) atoms. The van der Waals surface area contributed by atoms with Crippen LogP contribution in [0.1, 0.15) is 51.1 Å². The molecule has 7 nitrogen and oxygen atoms in total. The van der Waals surface area contributed by atoms with Gasteiger partial charge in [-0.25, -0.2) is 9.59 Å². The molecule has 0 heterocycles. The highest BCUT2D eigenvalue weighted by Gasteiger charge is 2.33. The van der Waals surface area contributed by atoms with E-state index in [-0.39, 0.29) is 31.1 Å². The van der Waals surface area contributed by atoms with Gasteiger partial charge in [-0.2, -0.15) is 13.2 Å². The van der Waals surface area contributed by atoms with Crippen LogP contribution in [0.4, 0.5) is 18.0 Å². The molecule has 1 aliphatic carbocycles. The van der Waals surface area contributed by atoms with E-state index in [1.165, 1.54) is 0 Å². The number of carbonyl (C=O) groups excluding carboxylic acids is 1. The van der Waals surface area contributed by atoms with Gasteiger partial charge in [-0.1, -0.05) is 54.6 Å². The summed E-state index contributed by atoms with van der Waals surface area (Å²) in [5.41, 5.74) is 1.91. The van der Waals surface area contributed by atoms with Crippen molar-refractivity contribution in [3.63, 3.8) is 0 Å². The van der Waals surface area contributed by atoms with Gasteiger partial charge in [0.1, 0.15) is 12.7 Å². The Labute approximate surface area is 210 Å². The number of ether oxygens (including phenoxy) is 1. The molecule has 0 radical (unpaired) electrons. The highest BCUT2D eigenvalue weighted by molar-refractivity contribution is 5.90. The molecular weight excluding hydrogens is 491 g/mol. The molecule has 4 rings (SSSR count). The number of halogens is 3. The van der Waals surface area contributed by atoms with Gasteiger partial charge in [0.05, 0.1) is 17.2 Å². The normalized spacial score (nSPS) is 14.4. The van der Waals surface area contributed by atoms with E-state index in [4.69, 9.17) is 4.74 Å². The molecule has 3 aromatic carbocycles. The van der Waals surface area contributed by atoms with E-state index in [0.717, 1.165) is 28.3 Å². The van der Waals surface area contributed by atoms with Crippen molar-refractivity contribution in [2.24, 2.45) is 0 Å². The first kappa shape index (κ1) is 26.2. The van der Waals surface area contributed by atoms with Crippen LogP contribution < -0.4 is 5.32 Å². The van der Waals surface area contributed by atoms with E-state index in [2.05, 4.69) is 5.32 Å². The Morgan fingerprint density at radius 1 is 0.946 bits per heavy atom. The molecule has 2 atom stereocenters. The summed E-state index contributed by atoms with van der Waals surface area (Å²) in [6.45, 7) is -0.0451. The molecule has 0 saturated carbocycles. The predicted octanol–water partition coefficient (Wildman–Crippen LogP) is 4.73. The second-order valence-corrected chi connectivity index (χ2v) is 8.66. The number of hydrogen-bond acceptors (Lipinski definition) is 5. The summed E-state index contributed by atoms with van der Waals surface area (Å²) in [6, 6.07) is 17.5. The van der Waals surface area contributed by atoms with Gasteiger partial charge >= 0.3 is 18.2 Å². The number of nitrogens with one attached hydrogen (secondary N) is 1. The lowest BCUT2D eigenvalue weighted by atomic mass is 9.95. The zero-order chi connectivity index (χ0) is 26.7. The molecule has 194 valence electrons. The van der Waals surface area contributed by atoms with Crippen molar-refractivity contribution in [1.29, 1.82) is 0 Å². The van der Waals surface area contributed by atoms with Gasteiger partial charge in [0.2, 0.25) is 0 Å². The molecule has 4 N–H and O–H groups in total. The fourth-order valence-electron chi connectivity index (χ4n) is 4.51. The highest BCUT2D eigenvalue weighted by atomic mass is 19.4. The SMILES string of the molecule is O=C(NCCC(O)C(O)c1ccc(C(F)(F)F)cc1C(=O)O)OCC1c2ccccc2-c2ccccc21. The molecule has 0 aliphatic heterocycles. The van der Waals surface area contributed by atoms with E-state index in [9.17, 15) is 38.1 Å². The van der Waals surface area contributed by atoms with E-state index < -0.39 is 41.6 Å². The smallest absolute Gasteiger partial charge is 0.416 e. The predicted molar refractivity (Wildman–Crippen MR) is 127 cm³/mol. The lowest BCUT2D eigenvalue weighted by molar-refractivity contribution is -0.137. The summed E-state index contributed by atoms with van der Waals surface area (Å²) in [5.74, 6) is -1.82. The van der Waals surface area contributed by atoms with Crippen LogP contribution in [0.15, 0.2) is 66.7 Å². The first-order valence-electron chi connectivity index (χ1n) is 11.5. The second kappa shape index (κ2) is 10.6. The largest absolute Gasteiger partial charge is 0.478 e. The summed E-state index contributed by atoms with van der Waals surface area (Å²) in [6.07, 6.45) is -9.05. The summed E-state index contributed by atoms with van der Waals surface area (Å²) >= 11 is 0. The van der Waals surface area contributed by atoms with Gasteiger partial charge in [-0.15, -0.1) is 0 Å². The first-order valence-corrected chi connectivity index (χ1v) is 11.5. The number of aliphatic hydroxyl groups is 2. The number of benzene rings is 3. The van der Waals surface area contributed by atoms with Crippen molar-refractivity contribution >= 4 is 12.1 Å². The zero-order valence-corrected chi connectivity index (χ0v) is 19.4. The van der Waals surface area contributed by atoms with Gasteiger partial charge in [0.15, 0.2) is 0 Å². The monoisotopic (exact) mass is 515 g/mol. The van der Waals surface area contributed by atoms with E-state index in [1.807, 2.05) is 48.5 Å². The number of aromatic carboxylic acids is 1. The minimum Gasteiger partial charge on any atom is -0.478 e. The molecule has 2 unspecified atom stereocenters. The van der Waals surface area contributed by atoms with Gasteiger partial charge in [-0.05, 0) is 46.4 Å². The minimum absolute atomic E-state index is 0.0819. The van der Waals surface area contributed by atoms with Crippen LogP contribution in [0.2, 0.25) is 0 Å². The van der Waals surface area contributed by atoms with Crippen molar-refractivity contribution in [1.82, 2.24) is 5.32 Å². The number of hydrogen-bond donors (Lipinski definition) is 4. The molecule has 3 aromatic rings. The number of alkyl halides is 3. The van der Waals surface area contributed by atoms with E-state index >= 15 is 0 Å². The number of fused-ring (bicyclic) bond motifs is 3. The highest BCUT2D eigenvalue weighted by Crippen LogP contribution is 2.44. The number of carboxylic acids is 1. The van der Waals surface area contributed by atoms with Crippen molar-refractivity contribution in [3.05, 3.63) is 94.5 Å². The third-order valence-corrected chi connectivity index (χ3v) is 6.35. The molecule has 0 bridgehead atoms. The molecule has 0 aromatic heterocycles. The summed E-state index contributed by atoms with van der Waals surface area (Å²) in [7, 11) is 0. The summed E-state index contributed by atoms with van der Waals surface area (Å²) in [5, 5.41) is 32.4. The average molecular weight is 515 g/mol. The maximum atomic E-state index is 12.9. The number of carbonyl (C=O) groups is 2. The van der Waals surface area contributed by atoms with Crippen LogP contribution in [0.3, 0.4) is 0 Å². The summed E-state index contributed by atoms with van der Waals surface area (Å²) < 4.78 is 44.1. The van der Waals surface area contributed by atoms with Crippen LogP contribution in [0.5, 0.6) is 0 Å². The maximum absolute atomic E-state index is 12.9. The van der Waals surface area contributed by atoms with Crippen molar-refractivity contribution < 1.29 is 42.8 Å². The Morgan fingerprint density at radius 2 is 1.54 bits per heavy atom. The fourth-order valence-corrected chi connectivity index (χ4v) is 4.51. The lowest BCUT2D eigenvalue weighted by Crippen LogP contribution is -2.31. The molecule has 0 fully saturated rings. The van der Waals surface area contributed by atoms with Crippen LogP contribution in [-0.2, 0) is 10.9 Å². The van der Waals surface area contributed by atoms with Crippen LogP contribution in [-0.4, -0.2) is 46.6 Å². The lowest BCUT2D eigenvalue weighted by Gasteiger charge is -2.21. The summed E-state index contributed by atoms with van der Waals surface area (Å²) in [4.78, 5) is 23.7. The first-order chi connectivity index (χ1) is 17.6. The number of amides is 1. The van der Waals surface area contributed by atoms with Crippen molar-refractivity contribution in [2.75, 3.05) is 13.2 Å². The van der Waals surface area contributed by atoms with Crippen molar-refractivity contribution in [3.8, 4) is 11.1 Å². The molecule has 1 amide bonds. The third kappa shape index (κ3) is 5.60. The van der Waals surface area contributed by atoms with E-state index in [1.54, 1.807) is 0 Å². The fraction of sp³-hybridized carbons (Fsp3) is 0.259. The van der Waals surface area contributed by atoms with Crippen LogP contribution in [0.25, 0.3) is 11.1 Å². The number of aliphatic hydroxyl groups excluding tert-OH is 2. The Hall–Kier alpha value is -3.89. The molecule has 0 saturated heterocycles. The maximum Gasteiger partial charge on any atom is 0.416 e. The average Bonchev–Trinajstić information content (AvgIpc) is 3.19. The van der Waals surface area contributed by atoms with Gasteiger partial charge in [-0.3, -0.25) is 0 Å². The number of carboxylic acid groups (broad SMARTS) is 1. The van der Waals surface area contributed by atoms with Gasteiger partial charge in [0.25, 0.3) is 0 Å². The number of rotatable bonds is 8. The van der Waals surface area contributed by atoms with Crippen LogP contribution >= 0.6 is 0 Å². The zero-order valence-electron chi connectivity index (χ0n) is 19.4. The second-order valence-electron chi connectivity index (χ2n) is 8.66. The Morgan fingerprint density at radius 3 is 2.11 bits per heavy atom. The van der Waals surface area contributed by atoms with Crippen LogP contribution in [0, 0.1) is 0 Å². The quantitative estimate of drug-likeness (QED) is 0.345. The minimum atomic E-state index is -4.76. The van der Waals surface area contributed by atoms with Crippen molar-refractivity contribution in [2.45, 2.75) is 30.7 Å².